The van der Waals surface area contributed by atoms with Crippen LogP contribution in [0.5, 0.6) is 0 Å². The molecule has 3 atom stereocenters. The van der Waals surface area contributed by atoms with Gasteiger partial charge in [-0.15, -0.1) is 0 Å². The molecule has 0 spiro atoms. The third kappa shape index (κ3) is 3.16. The number of hydrogen-bond donors (Lipinski definition) is 1. The average molecular weight is 212 g/mol. The van der Waals surface area contributed by atoms with Gasteiger partial charge < -0.3 is 9.84 Å². The molecule has 0 radical (unpaired) electrons. The molecule has 0 aromatic carbocycles. The highest BCUT2D eigenvalue weighted by Crippen LogP contribution is 2.27. The van der Waals surface area contributed by atoms with Crippen LogP contribution in [0, 0.1) is 5.92 Å². The van der Waals surface area contributed by atoms with Crippen molar-refractivity contribution in [2.75, 3.05) is 0 Å². The van der Waals surface area contributed by atoms with Crippen LogP contribution in [0.4, 0.5) is 0 Å². The van der Waals surface area contributed by atoms with Gasteiger partial charge in [0.2, 0.25) is 0 Å². The zero-order chi connectivity index (χ0) is 11.3. The molecule has 1 N–H and O–H groups in total. The first-order valence-corrected chi connectivity index (χ1v) is 5.17. The van der Waals surface area contributed by atoms with E-state index in [0.29, 0.717) is 25.5 Å². The first-order valence-electron chi connectivity index (χ1n) is 5.17. The summed E-state index contributed by atoms with van der Waals surface area (Å²) in [4.78, 5) is 21.4. The summed E-state index contributed by atoms with van der Waals surface area (Å²) in [6, 6.07) is 0. The van der Waals surface area contributed by atoms with Crippen molar-refractivity contribution in [3.05, 3.63) is 12.2 Å². The molecule has 0 unspecified atom stereocenters. The molecular formula is C11H16O4. The van der Waals surface area contributed by atoms with Crippen LogP contribution in [0.25, 0.3) is 0 Å². The van der Waals surface area contributed by atoms with Crippen molar-refractivity contribution in [2.45, 2.75) is 38.4 Å². The topological polar surface area (TPSA) is 63.6 Å². The highest BCUT2D eigenvalue weighted by Gasteiger charge is 2.36. The van der Waals surface area contributed by atoms with Gasteiger partial charge in [-0.25, -0.2) is 0 Å². The predicted octanol–water partition coefficient (Wildman–Crippen LogP) is 0.834. The van der Waals surface area contributed by atoms with E-state index in [9.17, 15) is 14.7 Å². The number of allylic oxidation sites excluding steroid dienone is 2. The number of carbonyl (C=O) groups excluding carboxylic acids is 2. The fourth-order valence-electron chi connectivity index (χ4n) is 1.66. The summed E-state index contributed by atoms with van der Waals surface area (Å²) in [7, 11) is 0. The maximum Gasteiger partial charge on any atom is 0.309 e. The number of cyclic esters (lactones) is 1. The van der Waals surface area contributed by atoms with Crippen molar-refractivity contribution in [3.63, 3.8) is 0 Å². The zero-order valence-electron chi connectivity index (χ0n) is 8.76. The van der Waals surface area contributed by atoms with Gasteiger partial charge in [-0.1, -0.05) is 13.0 Å². The molecule has 15 heavy (non-hydrogen) atoms. The number of carbonyl (C=O) groups is 2. The van der Waals surface area contributed by atoms with E-state index in [1.54, 1.807) is 6.08 Å². The Morgan fingerprint density at radius 1 is 1.67 bits per heavy atom. The zero-order valence-corrected chi connectivity index (χ0v) is 8.76. The minimum absolute atomic E-state index is 0.215. The van der Waals surface area contributed by atoms with Gasteiger partial charge in [0.25, 0.3) is 0 Å². The van der Waals surface area contributed by atoms with Crippen molar-refractivity contribution in [2.24, 2.45) is 5.92 Å². The molecule has 0 aromatic rings. The Kier molecular flexibility index (Phi) is 4.49. The Bertz CT molecular complexity index is 259. The van der Waals surface area contributed by atoms with E-state index in [1.165, 1.54) is 6.08 Å². The average Bonchev–Trinajstić information content (AvgIpc) is 2.60. The summed E-state index contributed by atoms with van der Waals surface area (Å²) in [5.41, 5.74) is 0. The number of rotatable bonds is 5. The highest BCUT2D eigenvalue weighted by molar-refractivity contribution is 5.75. The second-order valence-corrected chi connectivity index (χ2v) is 3.68. The smallest absolute Gasteiger partial charge is 0.309 e. The lowest BCUT2D eigenvalue weighted by Gasteiger charge is -2.14. The molecule has 0 saturated carbocycles. The van der Waals surface area contributed by atoms with Crippen LogP contribution in [0.1, 0.15) is 26.2 Å². The van der Waals surface area contributed by atoms with Gasteiger partial charge in [0.05, 0.1) is 12.0 Å². The minimum Gasteiger partial charge on any atom is -0.459 e. The molecule has 1 heterocycles. The van der Waals surface area contributed by atoms with Gasteiger partial charge >= 0.3 is 5.97 Å². The maximum absolute atomic E-state index is 11.3. The molecule has 0 bridgehead atoms. The van der Waals surface area contributed by atoms with Crippen molar-refractivity contribution in [1.29, 1.82) is 0 Å². The molecule has 84 valence electrons. The van der Waals surface area contributed by atoms with E-state index in [2.05, 4.69) is 0 Å². The molecule has 0 amide bonds. The van der Waals surface area contributed by atoms with E-state index in [4.69, 9.17) is 4.74 Å². The molecule has 4 heteroatoms. The van der Waals surface area contributed by atoms with Crippen LogP contribution in [-0.2, 0) is 14.3 Å². The van der Waals surface area contributed by atoms with Crippen molar-refractivity contribution in [1.82, 2.24) is 0 Å². The highest BCUT2D eigenvalue weighted by atomic mass is 16.6. The van der Waals surface area contributed by atoms with Crippen molar-refractivity contribution >= 4 is 12.3 Å². The molecule has 0 aliphatic carbocycles. The molecule has 1 aliphatic heterocycles. The molecule has 0 aromatic heterocycles. The SMILES string of the molecule is CC[C@H](O)[C@@H]1C[C@@H](C/C=C/C=O)C(=O)O1. The monoisotopic (exact) mass is 212 g/mol. The van der Waals surface area contributed by atoms with E-state index < -0.39 is 6.10 Å². The quantitative estimate of drug-likeness (QED) is 0.416. The van der Waals surface area contributed by atoms with Crippen LogP contribution in [0.3, 0.4) is 0 Å². The Labute approximate surface area is 88.9 Å². The Morgan fingerprint density at radius 2 is 2.40 bits per heavy atom. The van der Waals surface area contributed by atoms with E-state index in [0.717, 1.165) is 0 Å². The summed E-state index contributed by atoms with van der Waals surface area (Å²) in [6.07, 6.45) is 4.37. The molecule has 4 nitrogen and oxygen atoms in total. The Morgan fingerprint density at radius 3 is 3.00 bits per heavy atom. The fraction of sp³-hybridized carbons (Fsp3) is 0.636. The summed E-state index contributed by atoms with van der Waals surface area (Å²) < 4.78 is 5.05. The maximum atomic E-state index is 11.3. The second-order valence-electron chi connectivity index (χ2n) is 3.68. The number of esters is 1. The first-order chi connectivity index (χ1) is 7.19. The lowest BCUT2D eigenvalue weighted by molar-refractivity contribution is -0.147. The summed E-state index contributed by atoms with van der Waals surface area (Å²) in [5.74, 6) is -0.490. The molecular weight excluding hydrogens is 196 g/mol. The van der Waals surface area contributed by atoms with Gasteiger partial charge in [0.1, 0.15) is 12.4 Å². The Balaban J connectivity index is 2.45. The van der Waals surface area contributed by atoms with Crippen molar-refractivity contribution < 1.29 is 19.4 Å². The lowest BCUT2D eigenvalue weighted by Crippen LogP contribution is -2.24. The van der Waals surface area contributed by atoms with Crippen LogP contribution < -0.4 is 0 Å². The first kappa shape index (κ1) is 11.9. The van der Waals surface area contributed by atoms with E-state index >= 15 is 0 Å². The van der Waals surface area contributed by atoms with Gasteiger partial charge in [-0.05, 0) is 18.9 Å². The molecule has 1 aliphatic rings. The number of aliphatic hydroxyl groups is 1. The number of ether oxygens (including phenoxy) is 1. The van der Waals surface area contributed by atoms with E-state index in [1.807, 2.05) is 6.92 Å². The van der Waals surface area contributed by atoms with Gasteiger partial charge in [-0.2, -0.15) is 0 Å². The third-order valence-corrected chi connectivity index (χ3v) is 2.60. The fourth-order valence-corrected chi connectivity index (χ4v) is 1.66. The largest absolute Gasteiger partial charge is 0.459 e. The summed E-state index contributed by atoms with van der Waals surface area (Å²) in [6.45, 7) is 1.85. The third-order valence-electron chi connectivity index (χ3n) is 2.60. The standard InChI is InChI=1S/C11H16O4/c1-2-9(13)10-7-8(11(14)15-10)5-3-4-6-12/h3-4,6,8-10,13H,2,5,7H2,1H3/b4-3+/t8-,9+,10+/m1/s1. The molecule has 1 saturated heterocycles. The summed E-state index contributed by atoms with van der Waals surface area (Å²) >= 11 is 0. The van der Waals surface area contributed by atoms with Crippen LogP contribution in [-0.4, -0.2) is 29.6 Å². The second kappa shape index (κ2) is 5.66. The van der Waals surface area contributed by atoms with Gasteiger partial charge in [0, 0.05) is 6.42 Å². The Hall–Kier alpha value is -1.16. The van der Waals surface area contributed by atoms with Gasteiger partial charge in [0.15, 0.2) is 0 Å². The minimum atomic E-state index is -0.575. The number of aliphatic hydroxyl groups excluding tert-OH is 1. The normalized spacial score (nSPS) is 28.0. The van der Waals surface area contributed by atoms with Crippen LogP contribution in [0.2, 0.25) is 0 Å². The number of aldehydes is 1. The lowest BCUT2D eigenvalue weighted by atomic mass is 9.98. The summed E-state index contributed by atoms with van der Waals surface area (Å²) in [5, 5.41) is 9.51. The van der Waals surface area contributed by atoms with Crippen LogP contribution in [0.15, 0.2) is 12.2 Å². The molecule has 1 rings (SSSR count). The number of hydrogen-bond acceptors (Lipinski definition) is 4. The molecule has 1 fully saturated rings. The predicted molar refractivity (Wildman–Crippen MR) is 54.1 cm³/mol. The van der Waals surface area contributed by atoms with E-state index in [-0.39, 0.29) is 18.0 Å². The van der Waals surface area contributed by atoms with Gasteiger partial charge in [-0.3, -0.25) is 9.59 Å². The van der Waals surface area contributed by atoms with Crippen LogP contribution >= 0.6 is 0 Å². The van der Waals surface area contributed by atoms with Crippen molar-refractivity contribution in [3.8, 4) is 0 Å².